The zero-order chi connectivity index (χ0) is 14.3. The molecular weight excluding hydrogens is 344 g/mol. The van der Waals surface area contributed by atoms with Crippen LogP contribution >= 0.6 is 27.5 Å². The minimum absolute atomic E-state index is 0.110. The molecule has 2 heterocycles. The van der Waals surface area contributed by atoms with E-state index in [1.807, 2.05) is 0 Å². The molecule has 1 aliphatic rings. The van der Waals surface area contributed by atoms with Gasteiger partial charge in [-0.3, -0.25) is 14.5 Å². The average molecular weight is 352 g/mol. The predicted molar refractivity (Wildman–Crippen MR) is 77.6 cm³/mol. The number of fused-ring (bicyclic) bond motifs is 1. The smallest absolute Gasteiger partial charge is 0.261 e. The third-order valence-electron chi connectivity index (χ3n) is 3.06. The lowest BCUT2D eigenvalue weighted by molar-refractivity contribution is 0.0640. The second-order valence-electron chi connectivity index (χ2n) is 4.32. The van der Waals surface area contributed by atoms with E-state index in [1.165, 1.54) is 4.90 Å². The maximum Gasteiger partial charge on any atom is 0.261 e. The van der Waals surface area contributed by atoms with Crippen LogP contribution in [0.2, 0.25) is 5.15 Å². The molecule has 0 spiro atoms. The van der Waals surface area contributed by atoms with Gasteiger partial charge in [-0.05, 0) is 40.2 Å². The Morgan fingerprint density at radius 2 is 1.65 bits per heavy atom. The molecular formula is C14H8BrClN2O2. The number of imide groups is 1. The van der Waals surface area contributed by atoms with Crippen molar-refractivity contribution >= 4 is 39.3 Å². The van der Waals surface area contributed by atoms with Gasteiger partial charge in [0.25, 0.3) is 11.8 Å². The van der Waals surface area contributed by atoms with Crippen molar-refractivity contribution in [1.82, 2.24) is 9.88 Å². The summed E-state index contributed by atoms with van der Waals surface area (Å²) in [5.74, 6) is -0.599. The highest BCUT2D eigenvalue weighted by atomic mass is 79.9. The van der Waals surface area contributed by atoms with Crippen molar-refractivity contribution in [1.29, 1.82) is 0 Å². The van der Waals surface area contributed by atoms with E-state index in [9.17, 15) is 9.59 Å². The number of pyridine rings is 1. The summed E-state index contributed by atoms with van der Waals surface area (Å²) in [7, 11) is 0. The molecule has 0 N–H and O–H groups in total. The lowest BCUT2D eigenvalue weighted by Crippen LogP contribution is -2.29. The fourth-order valence-electron chi connectivity index (χ4n) is 2.09. The Morgan fingerprint density at radius 3 is 2.20 bits per heavy atom. The summed E-state index contributed by atoms with van der Waals surface area (Å²) >= 11 is 9.16. The van der Waals surface area contributed by atoms with Crippen molar-refractivity contribution in [3.05, 3.63) is 62.8 Å². The molecule has 2 aromatic rings. The molecule has 0 aliphatic carbocycles. The third-order valence-corrected chi connectivity index (χ3v) is 4.22. The molecule has 100 valence electrons. The molecule has 0 radical (unpaired) electrons. The summed E-state index contributed by atoms with van der Waals surface area (Å²) in [5.41, 5.74) is 1.43. The van der Waals surface area contributed by atoms with Crippen LogP contribution < -0.4 is 0 Å². The first-order valence-corrected chi connectivity index (χ1v) is 7.01. The average Bonchev–Trinajstić information content (AvgIpc) is 2.69. The standard InChI is InChI=1S/C14H8BrClN2O2/c15-11-6-5-8(17-12(11)16)7-18-13(19)9-3-1-2-4-10(9)14(18)20/h1-6H,7H2. The van der Waals surface area contributed by atoms with Gasteiger partial charge in [0.05, 0.1) is 27.8 Å². The van der Waals surface area contributed by atoms with Gasteiger partial charge in [-0.25, -0.2) is 4.98 Å². The number of carbonyl (C=O) groups excluding carboxylic acids is 2. The van der Waals surface area contributed by atoms with Crippen LogP contribution in [0, 0.1) is 0 Å². The lowest BCUT2D eigenvalue weighted by Gasteiger charge is -2.13. The van der Waals surface area contributed by atoms with Crippen LogP contribution in [0.5, 0.6) is 0 Å². The van der Waals surface area contributed by atoms with Gasteiger partial charge in [-0.15, -0.1) is 0 Å². The van der Waals surface area contributed by atoms with Gasteiger partial charge in [-0.1, -0.05) is 23.7 Å². The highest BCUT2D eigenvalue weighted by Crippen LogP contribution is 2.25. The van der Waals surface area contributed by atoms with E-state index in [0.29, 0.717) is 26.4 Å². The fraction of sp³-hybridized carbons (Fsp3) is 0.0714. The maximum atomic E-state index is 12.2. The summed E-state index contributed by atoms with van der Waals surface area (Å²) in [6.45, 7) is 0.110. The number of halogens is 2. The molecule has 4 nitrogen and oxygen atoms in total. The minimum Gasteiger partial charge on any atom is -0.269 e. The van der Waals surface area contributed by atoms with Gasteiger partial charge >= 0.3 is 0 Å². The molecule has 1 aromatic heterocycles. The minimum atomic E-state index is -0.300. The maximum absolute atomic E-state index is 12.2. The first kappa shape index (κ1) is 13.3. The Morgan fingerprint density at radius 1 is 1.05 bits per heavy atom. The van der Waals surface area contributed by atoms with Gasteiger partial charge in [0.1, 0.15) is 5.15 Å². The Hall–Kier alpha value is -1.72. The Kier molecular flexibility index (Phi) is 3.31. The van der Waals surface area contributed by atoms with Crippen molar-refractivity contribution in [3.8, 4) is 0 Å². The van der Waals surface area contributed by atoms with Crippen LogP contribution in [0.1, 0.15) is 26.4 Å². The number of hydrogen-bond donors (Lipinski definition) is 0. The second kappa shape index (κ2) is 5.00. The molecule has 0 saturated heterocycles. The highest BCUT2D eigenvalue weighted by molar-refractivity contribution is 9.10. The molecule has 0 saturated carbocycles. The molecule has 1 aliphatic heterocycles. The third kappa shape index (κ3) is 2.13. The van der Waals surface area contributed by atoms with Gasteiger partial charge in [-0.2, -0.15) is 0 Å². The number of hydrogen-bond acceptors (Lipinski definition) is 3. The predicted octanol–water partition coefficient (Wildman–Crippen LogP) is 3.29. The number of aromatic nitrogens is 1. The molecule has 0 unspecified atom stereocenters. The number of amides is 2. The van der Waals surface area contributed by atoms with Crippen molar-refractivity contribution in [2.45, 2.75) is 6.54 Å². The van der Waals surface area contributed by atoms with Crippen LogP contribution in [0.3, 0.4) is 0 Å². The molecule has 1 aromatic carbocycles. The van der Waals surface area contributed by atoms with Gasteiger partial charge in [0.15, 0.2) is 0 Å². The Labute approximate surface area is 128 Å². The topological polar surface area (TPSA) is 50.3 Å². The summed E-state index contributed by atoms with van der Waals surface area (Å²) in [4.78, 5) is 29.7. The summed E-state index contributed by atoms with van der Waals surface area (Å²) < 4.78 is 0.672. The van der Waals surface area contributed by atoms with E-state index in [1.54, 1.807) is 36.4 Å². The molecule has 0 fully saturated rings. The normalized spacial score (nSPS) is 13.8. The molecule has 2 amide bonds. The molecule has 6 heteroatoms. The van der Waals surface area contributed by atoms with E-state index in [-0.39, 0.29) is 18.4 Å². The van der Waals surface area contributed by atoms with Crippen molar-refractivity contribution in [3.63, 3.8) is 0 Å². The van der Waals surface area contributed by atoms with Crippen LogP contribution in [-0.4, -0.2) is 21.7 Å². The Bertz CT molecular complexity index is 698. The first-order chi connectivity index (χ1) is 9.58. The van der Waals surface area contributed by atoms with Crippen LogP contribution in [0.15, 0.2) is 40.9 Å². The van der Waals surface area contributed by atoms with Crippen LogP contribution in [-0.2, 0) is 6.54 Å². The SMILES string of the molecule is O=C1c2ccccc2C(=O)N1Cc1ccc(Br)c(Cl)n1. The summed E-state index contributed by atoms with van der Waals surface area (Å²) in [6.07, 6.45) is 0. The number of benzene rings is 1. The summed E-state index contributed by atoms with van der Waals surface area (Å²) in [5, 5.41) is 0.305. The van der Waals surface area contributed by atoms with E-state index in [0.717, 1.165) is 0 Å². The van der Waals surface area contributed by atoms with Crippen molar-refractivity contribution < 1.29 is 9.59 Å². The quantitative estimate of drug-likeness (QED) is 0.616. The lowest BCUT2D eigenvalue weighted by atomic mass is 10.1. The van der Waals surface area contributed by atoms with Gasteiger partial charge < -0.3 is 0 Å². The summed E-state index contributed by atoms with van der Waals surface area (Å²) in [6, 6.07) is 10.2. The molecule has 0 atom stereocenters. The van der Waals surface area contributed by atoms with E-state index in [2.05, 4.69) is 20.9 Å². The Balaban J connectivity index is 1.91. The van der Waals surface area contributed by atoms with Gasteiger partial charge in [0.2, 0.25) is 0 Å². The monoisotopic (exact) mass is 350 g/mol. The van der Waals surface area contributed by atoms with E-state index < -0.39 is 0 Å². The molecule has 0 bridgehead atoms. The zero-order valence-corrected chi connectivity index (χ0v) is 12.5. The van der Waals surface area contributed by atoms with Crippen LogP contribution in [0.25, 0.3) is 0 Å². The van der Waals surface area contributed by atoms with Crippen molar-refractivity contribution in [2.24, 2.45) is 0 Å². The van der Waals surface area contributed by atoms with Crippen molar-refractivity contribution in [2.75, 3.05) is 0 Å². The van der Waals surface area contributed by atoms with E-state index >= 15 is 0 Å². The van der Waals surface area contributed by atoms with Gasteiger partial charge in [0, 0.05) is 0 Å². The van der Waals surface area contributed by atoms with Crippen LogP contribution in [0.4, 0.5) is 0 Å². The zero-order valence-electron chi connectivity index (χ0n) is 10.1. The number of rotatable bonds is 2. The largest absolute Gasteiger partial charge is 0.269 e. The fourth-order valence-corrected chi connectivity index (χ4v) is 2.48. The number of nitrogens with zero attached hydrogens (tertiary/aromatic N) is 2. The van der Waals surface area contributed by atoms with E-state index in [4.69, 9.17) is 11.6 Å². The molecule has 20 heavy (non-hydrogen) atoms. The highest BCUT2D eigenvalue weighted by Gasteiger charge is 2.35. The first-order valence-electron chi connectivity index (χ1n) is 5.84. The molecule has 3 rings (SSSR count). The second-order valence-corrected chi connectivity index (χ2v) is 5.53. The number of carbonyl (C=O) groups is 2.